The van der Waals surface area contributed by atoms with Crippen LogP contribution in [0.5, 0.6) is 0 Å². The van der Waals surface area contributed by atoms with Gasteiger partial charge in [0.15, 0.2) is 5.82 Å². The second kappa shape index (κ2) is 22.2. The highest BCUT2D eigenvalue weighted by molar-refractivity contribution is 6.16. The third-order valence-corrected chi connectivity index (χ3v) is 21.3. The van der Waals surface area contributed by atoms with Crippen LogP contribution in [0.2, 0.25) is 0 Å². The number of hydrogen-bond acceptors (Lipinski definition) is 4. The zero-order valence-corrected chi connectivity index (χ0v) is 55.4. The van der Waals surface area contributed by atoms with Gasteiger partial charge in [0.05, 0.1) is 77.6 Å². The molecule has 0 atom stereocenters. The molecule has 0 fully saturated rings. The van der Waals surface area contributed by atoms with Crippen molar-refractivity contribution in [3.05, 3.63) is 346 Å². The summed E-state index contributed by atoms with van der Waals surface area (Å²) in [6, 6.07) is 125. The third-order valence-electron chi connectivity index (χ3n) is 21.3. The molecule has 0 unspecified atom stereocenters. The summed E-state index contributed by atoms with van der Waals surface area (Å²) >= 11 is 0. The van der Waals surface area contributed by atoms with Crippen LogP contribution in [0.15, 0.2) is 346 Å². The smallest absolute Gasteiger partial charge is 0.235 e. The SMILES string of the molecule is c1ccc(-c2nc(-c3ccc(-n4c5ccccc5c5cc(-n6c7ccccc7c7ccccc76)ccc54)cc3)nc3cc(-c4ccc(-n5c6ccccc6c6cc(-c7nc(-n8c9ccccc9c9cc(-n%10c%11ccccc%11c%11ccccc%11%10)ccc98)nc8ccccc78)ccc65)cc4)ccc23)cc1. The van der Waals surface area contributed by atoms with Gasteiger partial charge < -0.3 is 18.3 Å². The average Bonchev–Trinajstić information content (AvgIpc) is 1.57. The lowest BCUT2D eigenvalue weighted by atomic mass is 10.0. The predicted octanol–water partition coefficient (Wildman–Crippen LogP) is 23.7. The number of rotatable bonds is 9. The molecule has 0 saturated carbocycles. The van der Waals surface area contributed by atoms with E-state index in [1.165, 1.54) is 54.4 Å². The minimum atomic E-state index is 0.622. The largest absolute Gasteiger partial charge is 0.309 e. The minimum Gasteiger partial charge on any atom is -0.309 e. The first kappa shape index (κ1) is 56.9. The molecular formula is C94H57N9. The van der Waals surface area contributed by atoms with E-state index in [1.54, 1.807) is 0 Å². The van der Waals surface area contributed by atoms with Crippen molar-refractivity contribution >= 4 is 131 Å². The van der Waals surface area contributed by atoms with E-state index in [-0.39, 0.29) is 0 Å². The molecule has 9 heteroatoms. The normalized spacial score (nSPS) is 12.1. The van der Waals surface area contributed by atoms with Crippen LogP contribution < -0.4 is 0 Å². The molecule has 15 aromatic carbocycles. The molecule has 0 spiro atoms. The average molecular weight is 1310 g/mol. The van der Waals surface area contributed by atoms with Crippen molar-refractivity contribution in [3.63, 3.8) is 0 Å². The lowest BCUT2D eigenvalue weighted by Gasteiger charge is -2.13. The molecule has 103 heavy (non-hydrogen) atoms. The van der Waals surface area contributed by atoms with E-state index in [1.807, 2.05) is 0 Å². The lowest BCUT2D eigenvalue weighted by Crippen LogP contribution is -2.03. The van der Waals surface area contributed by atoms with Crippen molar-refractivity contribution in [3.8, 4) is 73.7 Å². The number of aromatic nitrogens is 9. The van der Waals surface area contributed by atoms with Crippen molar-refractivity contribution in [2.24, 2.45) is 0 Å². The molecule has 7 heterocycles. The van der Waals surface area contributed by atoms with Crippen LogP contribution in [-0.4, -0.2) is 42.8 Å². The van der Waals surface area contributed by atoms with Crippen LogP contribution in [0.1, 0.15) is 0 Å². The number of fused-ring (bicyclic) bond motifs is 17. The first-order chi connectivity index (χ1) is 51.1. The molecule has 9 nitrogen and oxygen atoms in total. The number of benzene rings is 15. The monoisotopic (exact) mass is 1310 g/mol. The van der Waals surface area contributed by atoms with E-state index in [4.69, 9.17) is 19.9 Å². The van der Waals surface area contributed by atoms with E-state index >= 15 is 0 Å². The molecule has 478 valence electrons. The quantitative estimate of drug-likeness (QED) is 0.144. The molecule has 22 rings (SSSR count). The summed E-state index contributed by atoms with van der Waals surface area (Å²) in [6.07, 6.45) is 0. The molecule has 0 saturated heterocycles. The highest BCUT2D eigenvalue weighted by Crippen LogP contribution is 2.43. The fourth-order valence-electron chi connectivity index (χ4n) is 16.7. The van der Waals surface area contributed by atoms with E-state index in [9.17, 15) is 0 Å². The van der Waals surface area contributed by atoms with Crippen molar-refractivity contribution in [2.75, 3.05) is 0 Å². The maximum absolute atomic E-state index is 5.60. The van der Waals surface area contributed by atoms with Gasteiger partial charge in [-0.15, -0.1) is 0 Å². The second-order valence-electron chi connectivity index (χ2n) is 26.9. The molecule has 0 aliphatic heterocycles. The highest BCUT2D eigenvalue weighted by atomic mass is 15.2. The van der Waals surface area contributed by atoms with Crippen molar-refractivity contribution in [1.82, 2.24) is 42.8 Å². The molecule has 0 radical (unpaired) electrons. The maximum atomic E-state index is 5.60. The molecule has 0 aliphatic carbocycles. The Labute approximate surface area is 589 Å². The molecule has 7 aromatic heterocycles. The van der Waals surface area contributed by atoms with Crippen LogP contribution >= 0.6 is 0 Å². The van der Waals surface area contributed by atoms with Gasteiger partial charge in [0.2, 0.25) is 5.95 Å². The summed E-state index contributed by atoms with van der Waals surface area (Å²) in [5.74, 6) is 1.29. The molecule has 0 aliphatic rings. The number of hydrogen-bond donors (Lipinski definition) is 0. The Morgan fingerprint density at radius 1 is 0.165 bits per heavy atom. The first-order valence-corrected chi connectivity index (χ1v) is 35.0. The fourth-order valence-corrected chi connectivity index (χ4v) is 16.7. The van der Waals surface area contributed by atoms with E-state index in [0.717, 1.165) is 138 Å². The summed E-state index contributed by atoms with van der Waals surface area (Å²) in [5.41, 5.74) is 24.4. The first-order valence-electron chi connectivity index (χ1n) is 35.0. The van der Waals surface area contributed by atoms with Crippen LogP contribution in [-0.2, 0) is 0 Å². The molecule has 0 amide bonds. The molecule has 0 bridgehead atoms. The van der Waals surface area contributed by atoms with Crippen molar-refractivity contribution in [1.29, 1.82) is 0 Å². The lowest BCUT2D eigenvalue weighted by molar-refractivity contribution is 1.01. The van der Waals surface area contributed by atoms with Gasteiger partial charge in [0.1, 0.15) is 0 Å². The Kier molecular flexibility index (Phi) is 12.3. The summed E-state index contributed by atoms with van der Waals surface area (Å²) in [7, 11) is 0. The molecule has 22 aromatic rings. The van der Waals surface area contributed by atoms with E-state index in [2.05, 4.69) is 369 Å². The van der Waals surface area contributed by atoms with Gasteiger partial charge in [-0.2, -0.15) is 0 Å². The third kappa shape index (κ3) is 8.66. The Hall–Kier alpha value is -14.0. The van der Waals surface area contributed by atoms with Gasteiger partial charge in [-0.1, -0.05) is 200 Å². The van der Waals surface area contributed by atoms with E-state index in [0.29, 0.717) is 11.8 Å². The Morgan fingerprint density at radius 3 is 1.01 bits per heavy atom. The van der Waals surface area contributed by atoms with Gasteiger partial charge >= 0.3 is 0 Å². The topological polar surface area (TPSA) is 76.2 Å². The van der Waals surface area contributed by atoms with Crippen LogP contribution in [0, 0.1) is 0 Å². The van der Waals surface area contributed by atoms with Crippen LogP contribution in [0.4, 0.5) is 0 Å². The van der Waals surface area contributed by atoms with E-state index < -0.39 is 0 Å². The van der Waals surface area contributed by atoms with Crippen molar-refractivity contribution < 1.29 is 0 Å². The Morgan fingerprint density at radius 2 is 0.505 bits per heavy atom. The van der Waals surface area contributed by atoms with Crippen molar-refractivity contribution in [2.45, 2.75) is 0 Å². The minimum absolute atomic E-state index is 0.622. The highest BCUT2D eigenvalue weighted by Gasteiger charge is 2.23. The van der Waals surface area contributed by atoms with Gasteiger partial charge in [-0.25, -0.2) is 19.9 Å². The number of nitrogens with zero attached hydrogens (tertiary/aromatic N) is 9. The number of para-hydroxylation sites is 8. The standard InChI is InChI=1S/C94H57N9/c1-2-20-59(21-3-1)91-75-50-42-61(55-80(75)95-93(97-91)60-40-46-64(47-41-60)100-86-36-18-10-27-72(86)77-56-65(48-52-89(77)100)101-81-31-13-5-22-67(81)68-23-6-14-32-82(68)101)58-38-44-63(45-39-58)99-85-35-17-9-26-71(85)76-54-62(43-51-88(76)99)92-74-29-4-12-30-79(74)96-94(98-92)103-87-37-19-11-28-73(87)78-57-66(49-53-90(78)103)102-83-33-15-7-24-69(83)70-25-8-16-34-84(70)102/h1-57H. The molecular weight excluding hydrogens is 1260 g/mol. The summed E-state index contributed by atoms with van der Waals surface area (Å²) in [4.78, 5) is 21.7. The zero-order chi connectivity index (χ0) is 67.4. The Bertz CT molecular complexity index is 7180. The van der Waals surface area contributed by atoms with Gasteiger partial charge in [0.25, 0.3) is 0 Å². The van der Waals surface area contributed by atoms with Gasteiger partial charge in [0, 0.05) is 104 Å². The van der Waals surface area contributed by atoms with Crippen LogP contribution in [0.25, 0.3) is 205 Å². The van der Waals surface area contributed by atoms with Gasteiger partial charge in [-0.3, -0.25) is 4.57 Å². The van der Waals surface area contributed by atoms with Gasteiger partial charge in [-0.05, 0) is 157 Å². The summed E-state index contributed by atoms with van der Waals surface area (Å²) in [5, 5.41) is 13.9. The Balaban J connectivity index is 0.609. The fraction of sp³-hybridized carbons (Fsp3) is 0. The second-order valence-corrected chi connectivity index (χ2v) is 26.9. The zero-order valence-electron chi connectivity index (χ0n) is 55.4. The summed E-state index contributed by atoms with van der Waals surface area (Å²) < 4.78 is 11.8. The maximum Gasteiger partial charge on any atom is 0.235 e. The van der Waals surface area contributed by atoms with Crippen LogP contribution in [0.3, 0.4) is 0 Å². The molecule has 0 N–H and O–H groups in total. The predicted molar refractivity (Wildman–Crippen MR) is 426 cm³/mol. The summed E-state index contributed by atoms with van der Waals surface area (Å²) in [6.45, 7) is 0.